The summed E-state index contributed by atoms with van der Waals surface area (Å²) in [7, 11) is 0. The number of hydrogen-bond acceptors (Lipinski definition) is 4. The highest BCUT2D eigenvalue weighted by molar-refractivity contribution is 7.17. The van der Waals surface area contributed by atoms with Gasteiger partial charge in [-0.3, -0.25) is 5.32 Å². The molecule has 2 rings (SSSR count). The third kappa shape index (κ3) is 4.29. The zero-order valence-electron chi connectivity index (χ0n) is 12.1. The summed E-state index contributed by atoms with van der Waals surface area (Å²) in [6, 6.07) is 8.55. The number of hydrogen-bond donors (Lipinski definition) is 3. The zero-order valence-corrected chi connectivity index (χ0v) is 12.9. The summed E-state index contributed by atoms with van der Waals surface area (Å²) in [5, 5.41) is 14.7. The van der Waals surface area contributed by atoms with E-state index in [1.807, 2.05) is 25.1 Å². The number of urea groups is 1. The Kier molecular flexibility index (Phi) is 5.48. The van der Waals surface area contributed by atoms with Crippen LogP contribution in [-0.4, -0.2) is 22.1 Å². The van der Waals surface area contributed by atoms with Gasteiger partial charge >= 0.3 is 12.0 Å². The van der Waals surface area contributed by atoms with Gasteiger partial charge in [-0.1, -0.05) is 42.9 Å². The number of benzene rings is 1. The van der Waals surface area contributed by atoms with E-state index in [1.165, 1.54) is 0 Å². The molecule has 0 fully saturated rings. The van der Waals surface area contributed by atoms with Crippen molar-refractivity contribution >= 4 is 34.2 Å². The van der Waals surface area contributed by atoms with Crippen LogP contribution in [0.1, 0.15) is 35.1 Å². The van der Waals surface area contributed by atoms with E-state index in [9.17, 15) is 14.7 Å². The first-order valence-electron chi connectivity index (χ1n) is 6.96. The number of carboxylic acids is 1. The van der Waals surface area contributed by atoms with Crippen molar-refractivity contribution in [3.05, 3.63) is 40.9 Å². The molecule has 0 aliphatic heterocycles. The molecule has 1 aromatic heterocycles. The van der Waals surface area contributed by atoms with E-state index >= 15 is 0 Å². The third-order valence-electron chi connectivity index (χ3n) is 2.91. The molecule has 0 bridgehead atoms. The lowest BCUT2D eigenvalue weighted by Crippen LogP contribution is -2.19. The van der Waals surface area contributed by atoms with Crippen LogP contribution < -0.4 is 10.6 Å². The number of rotatable bonds is 6. The van der Waals surface area contributed by atoms with Crippen LogP contribution >= 0.6 is 11.3 Å². The summed E-state index contributed by atoms with van der Waals surface area (Å²) in [5.41, 5.74) is 1.18. The van der Waals surface area contributed by atoms with Crippen molar-refractivity contribution in [2.45, 2.75) is 26.2 Å². The molecule has 0 atom stereocenters. The van der Waals surface area contributed by atoms with Gasteiger partial charge < -0.3 is 10.4 Å². The van der Waals surface area contributed by atoms with E-state index in [0.717, 1.165) is 24.2 Å². The monoisotopic (exact) mass is 319 g/mol. The minimum absolute atomic E-state index is 0.184. The highest BCUT2D eigenvalue weighted by atomic mass is 32.1. The topological polar surface area (TPSA) is 91.3 Å². The number of unbranched alkanes of at least 4 members (excludes halogenated alkanes) is 1. The summed E-state index contributed by atoms with van der Waals surface area (Å²) in [6.45, 7) is 2.03. The van der Waals surface area contributed by atoms with Crippen molar-refractivity contribution in [2.75, 3.05) is 10.6 Å². The fraction of sp³-hybridized carbons (Fsp3) is 0.267. The molecule has 1 aromatic carbocycles. The van der Waals surface area contributed by atoms with Crippen LogP contribution in [-0.2, 0) is 6.42 Å². The Labute approximate surface area is 132 Å². The summed E-state index contributed by atoms with van der Waals surface area (Å²) in [6.07, 6.45) is 2.41. The van der Waals surface area contributed by atoms with Gasteiger partial charge in [0, 0.05) is 5.69 Å². The molecule has 116 valence electrons. The number of amides is 2. The van der Waals surface area contributed by atoms with Gasteiger partial charge in [-0.05, 0) is 25.0 Å². The van der Waals surface area contributed by atoms with Crippen LogP contribution in [0.15, 0.2) is 30.3 Å². The molecule has 2 aromatic rings. The average Bonchev–Trinajstić information content (AvgIpc) is 2.89. The number of carbonyl (C=O) groups is 2. The smallest absolute Gasteiger partial charge is 0.347 e. The van der Waals surface area contributed by atoms with Crippen LogP contribution in [0.3, 0.4) is 0 Å². The quantitative estimate of drug-likeness (QED) is 0.754. The Bertz CT molecular complexity index is 655. The van der Waals surface area contributed by atoms with Gasteiger partial charge in [0.2, 0.25) is 0 Å². The highest BCUT2D eigenvalue weighted by Gasteiger charge is 2.18. The summed E-state index contributed by atoms with van der Waals surface area (Å²) >= 11 is 0.974. The number of aromatic carboxylic acids is 1. The maximum absolute atomic E-state index is 11.9. The minimum atomic E-state index is -1.01. The normalized spacial score (nSPS) is 10.2. The van der Waals surface area contributed by atoms with Gasteiger partial charge in [0.15, 0.2) is 5.13 Å². The lowest BCUT2D eigenvalue weighted by molar-refractivity contribution is 0.0700. The molecule has 0 unspecified atom stereocenters. The van der Waals surface area contributed by atoms with Gasteiger partial charge in [-0.2, -0.15) is 0 Å². The van der Waals surface area contributed by atoms with Crippen molar-refractivity contribution in [1.82, 2.24) is 4.98 Å². The van der Waals surface area contributed by atoms with Crippen molar-refractivity contribution in [3.63, 3.8) is 0 Å². The Morgan fingerprint density at radius 1 is 1.23 bits per heavy atom. The Balaban J connectivity index is 2.05. The lowest BCUT2D eigenvalue weighted by atomic mass is 10.2. The Morgan fingerprint density at radius 2 is 1.95 bits per heavy atom. The number of aromatic nitrogens is 1. The molecule has 0 aliphatic rings. The lowest BCUT2D eigenvalue weighted by Gasteiger charge is -2.04. The summed E-state index contributed by atoms with van der Waals surface area (Å²) in [4.78, 5) is 27.5. The fourth-order valence-electron chi connectivity index (χ4n) is 1.87. The van der Waals surface area contributed by atoms with Gasteiger partial charge in [-0.25, -0.2) is 14.6 Å². The molecule has 0 spiro atoms. The average molecular weight is 319 g/mol. The standard InChI is InChI=1S/C15H17N3O3S/c1-2-3-9-11-12(13(19)20)22-15(17-11)18-14(21)16-10-7-5-4-6-8-10/h4-8H,2-3,9H2,1H3,(H,19,20)(H2,16,17,18,21). The maximum Gasteiger partial charge on any atom is 0.347 e. The molecule has 0 aliphatic carbocycles. The molecule has 0 saturated carbocycles. The van der Waals surface area contributed by atoms with Gasteiger partial charge in [0.05, 0.1) is 5.69 Å². The molecule has 6 nitrogen and oxygen atoms in total. The number of carboxylic acid groups (broad SMARTS) is 1. The number of para-hydroxylation sites is 1. The van der Waals surface area contributed by atoms with Gasteiger partial charge in [0.25, 0.3) is 0 Å². The predicted molar refractivity (Wildman–Crippen MR) is 86.8 cm³/mol. The van der Waals surface area contributed by atoms with Gasteiger partial charge in [0.1, 0.15) is 4.88 Å². The predicted octanol–water partition coefficient (Wildman–Crippen LogP) is 3.83. The second-order valence-electron chi connectivity index (χ2n) is 4.65. The minimum Gasteiger partial charge on any atom is -0.477 e. The van der Waals surface area contributed by atoms with E-state index in [2.05, 4.69) is 15.6 Å². The highest BCUT2D eigenvalue weighted by Crippen LogP contribution is 2.24. The van der Waals surface area contributed by atoms with Crippen molar-refractivity contribution in [2.24, 2.45) is 0 Å². The number of carbonyl (C=O) groups excluding carboxylic acids is 1. The molecule has 2 amide bonds. The van der Waals surface area contributed by atoms with Crippen molar-refractivity contribution in [1.29, 1.82) is 0 Å². The number of nitrogens with zero attached hydrogens (tertiary/aromatic N) is 1. The fourth-order valence-corrected chi connectivity index (χ4v) is 2.71. The van der Waals surface area contributed by atoms with E-state index < -0.39 is 12.0 Å². The van der Waals surface area contributed by atoms with Crippen molar-refractivity contribution < 1.29 is 14.7 Å². The van der Waals surface area contributed by atoms with E-state index in [-0.39, 0.29) is 10.0 Å². The Morgan fingerprint density at radius 3 is 2.59 bits per heavy atom. The van der Waals surface area contributed by atoms with Crippen LogP contribution in [0.2, 0.25) is 0 Å². The first kappa shape index (κ1) is 16.0. The molecule has 0 saturated heterocycles. The summed E-state index contributed by atoms with van der Waals surface area (Å²) < 4.78 is 0. The zero-order chi connectivity index (χ0) is 15.9. The van der Waals surface area contributed by atoms with E-state index in [1.54, 1.807) is 12.1 Å². The van der Waals surface area contributed by atoms with E-state index in [4.69, 9.17) is 0 Å². The number of aryl methyl sites for hydroxylation is 1. The molecule has 7 heteroatoms. The molecule has 22 heavy (non-hydrogen) atoms. The third-order valence-corrected chi connectivity index (χ3v) is 3.91. The largest absolute Gasteiger partial charge is 0.477 e. The first-order chi connectivity index (χ1) is 10.6. The number of thiazole rings is 1. The Hall–Kier alpha value is -2.41. The SMILES string of the molecule is CCCCc1nc(NC(=O)Nc2ccccc2)sc1C(=O)O. The first-order valence-corrected chi connectivity index (χ1v) is 7.78. The van der Waals surface area contributed by atoms with Crippen LogP contribution in [0, 0.1) is 0 Å². The molecule has 1 heterocycles. The number of anilines is 2. The van der Waals surface area contributed by atoms with Crippen LogP contribution in [0.5, 0.6) is 0 Å². The number of nitrogens with one attached hydrogen (secondary N) is 2. The second kappa shape index (κ2) is 7.56. The second-order valence-corrected chi connectivity index (χ2v) is 5.65. The maximum atomic E-state index is 11.9. The van der Waals surface area contributed by atoms with Gasteiger partial charge in [-0.15, -0.1) is 0 Å². The van der Waals surface area contributed by atoms with E-state index in [0.29, 0.717) is 17.8 Å². The molecular formula is C15H17N3O3S. The van der Waals surface area contributed by atoms with Crippen LogP contribution in [0.25, 0.3) is 0 Å². The molecule has 0 radical (unpaired) electrons. The molecule has 3 N–H and O–H groups in total. The molecular weight excluding hydrogens is 302 g/mol. The van der Waals surface area contributed by atoms with Crippen LogP contribution in [0.4, 0.5) is 15.6 Å². The van der Waals surface area contributed by atoms with Crippen molar-refractivity contribution in [3.8, 4) is 0 Å². The summed E-state index contributed by atoms with van der Waals surface area (Å²) in [5.74, 6) is -1.01.